The average Bonchev–Trinajstić information content (AvgIpc) is 2.40. The molecule has 0 amide bonds. The molecule has 18 heavy (non-hydrogen) atoms. The van der Waals surface area contributed by atoms with Crippen LogP contribution in [-0.2, 0) is 0 Å². The van der Waals surface area contributed by atoms with Gasteiger partial charge in [-0.3, -0.25) is 0 Å². The number of unbranched alkanes of at least 4 members (excludes halogenated alkanes) is 6. The van der Waals surface area contributed by atoms with E-state index in [2.05, 4.69) is 27.7 Å². The van der Waals surface area contributed by atoms with Crippen LogP contribution in [0.25, 0.3) is 0 Å². The van der Waals surface area contributed by atoms with Gasteiger partial charge in [0, 0.05) is 0 Å². The van der Waals surface area contributed by atoms with Crippen molar-refractivity contribution >= 4 is 7.26 Å². The molecule has 1 N–H and O–H groups in total. The van der Waals surface area contributed by atoms with Crippen molar-refractivity contribution in [2.24, 2.45) is 0 Å². The normalized spacial score (nSPS) is 14.7. The molecule has 0 heterocycles. The summed E-state index contributed by atoms with van der Waals surface area (Å²) in [6, 6.07) is 0. The zero-order valence-corrected chi connectivity index (χ0v) is 14.3. The minimum atomic E-state index is -1.35. The zero-order chi connectivity index (χ0) is 13.9. The summed E-state index contributed by atoms with van der Waals surface area (Å²) in [4.78, 5) is 0. The number of hydrogen-bond donors (Lipinski definition) is 1. The maximum atomic E-state index is 10.5. The predicted molar refractivity (Wildman–Crippen MR) is 88.6 cm³/mol. The Kier molecular flexibility index (Phi) is 11.5. The summed E-state index contributed by atoms with van der Waals surface area (Å²) in [5, 5.41) is 10.5. The Bertz CT molecular complexity index is 170. The molecular weight excluding hydrogens is 239 g/mol. The van der Waals surface area contributed by atoms with E-state index < -0.39 is 7.26 Å². The number of aliphatic hydroxyl groups excluding tert-OH is 1. The predicted octanol–water partition coefficient (Wildman–Crippen LogP) is 5.26. The van der Waals surface area contributed by atoms with Crippen LogP contribution < -0.4 is 0 Å². The molecule has 0 aromatic rings. The van der Waals surface area contributed by atoms with Crippen LogP contribution in [0.2, 0.25) is 0 Å². The van der Waals surface area contributed by atoms with Crippen LogP contribution in [-0.4, -0.2) is 29.4 Å². The Morgan fingerprint density at radius 3 is 1.61 bits per heavy atom. The van der Waals surface area contributed by atoms with Crippen LogP contribution in [0.15, 0.2) is 0 Å². The standard InChI is InChI=1S/C16H37OP/c1-5-9-10-11-12-13-14-15-16(17)18(6-2,7-3)8-4/h16-18H,5-15H2,1-4H3. The summed E-state index contributed by atoms with van der Waals surface area (Å²) < 4.78 is 0. The SMILES string of the molecule is CCCCCCCCCC(O)[PH](CC)(CC)CC. The third-order valence-corrected chi connectivity index (χ3v) is 10.8. The van der Waals surface area contributed by atoms with Crippen molar-refractivity contribution in [3.05, 3.63) is 0 Å². The first-order valence-corrected chi connectivity index (χ1v) is 11.0. The van der Waals surface area contributed by atoms with E-state index in [1.54, 1.807) is 0 Å². The van der Waals surface area contributed by atoms with Gasteiger partial charge in [-0.05, 0) is 0 Å². The maximum absolute atomic E-state index is 10.5. The van der Waals surface area contributed by atoms with Gasteiger partial charge in [-0.15, -0.1) is 0 Å². The number of rotatable bonds is 12. The van der Waals surface area contributed by atoms with E-state index in [-0.39, 0.29) is 5.85 Å². The Balaban J connectivity index is 3.71. The van der Waals surface area contributed by atoms with Crippen LogP contribution in [0.1, 0.15) is 79.1 Å². The van der Waals surface area contributed by atoms with Gasteiger partial charge in [-0.1, -0.05) is 0 Å². The molecule has 2 heteroatoms. The average molecular weight is 276 g/mol. The second-order valence-electron chi connectivity index (χ2n) is 5.85. The van der Waals surface area contributed by atoms with Gasteiger partial charge in [0.25, 0.3) is 0 Å². The molecule has 0 aliphatic heterocycles. The fraction of sp³-hybridized carbons (Fsp3) is 1.00. The van der Waals surface area contributed by atoms with Gasteiger partial charge >= 0.3 is 116 Å². The van der Waals surface area contributed by atoms with Crippen molar-refractivity contribution in [1.82, 2.24) is 0 Å². The molecule has 0 aromatic heterocycles. The van der Waals surface area contributed by atoms with E-state index in [1.807, 2.05) is 0 Å². The first kappa shape index (κ1) is 18.4. The van der Waals surface area contributed by atoms with Crippen LogP contribution >= 0.6 is 7.26 Å². The summed E-state index contributed by atoms with van der Waals surface area (Å²) in [5.41, 5.74) is 0. The molecule has 0 rings (SSSR count). The van der Waals surface area contributed by atoms with E-state index in [4.69, 9.17) is 0 Å². The second kappa shape index (κ2) is 11.2. The molecule has 0 radical (unpaired) electrons. The van der Waals surface area contributed by atoms with Crippen molar-refractivity contribution < 1.29 is 5.11 Å². The van der Waals surface area contributed by atoms with Gasteiger partial charge in [0.1, 0.15) is 0 Å². The molecule has 112 valence electrons. The van der Waals surface area contributed by atoms with Crippen molar-refractivity contribution in [1.29, 1.82) is 0 Å². The van der Waals surface area contributed by atoms with Crippen LogP contribution in [0, 0.1) is 0 Å². The van der Waals surface area contributed by atoms with Crippen molar-refractivity contribution in [2.75, 3.05) is 18.5 Å². The van der Waals surface area contributed by atoms with Crippen LogP contribution in [0.5, 0.6) is 0 Å². The molecule has 0 saturated heterocycles. The first-order chi connectivity index (χ1) is 8.66. The zero-order valence-electron chi connectivity index (χ0n) is 13.3. The Labute approximate surface area is 116 Å². The monoisotopic (exact) mass is 276 g/mol. The molecule has 0 aliphatic carbocycles. The molecule has 0 bridgehead atoms. The second-order valence-corrected chi connectivity index (χ2v) is 11.4. The van der Waals surface area contributed by atoms with Gasteiger partial charge in [-0.25, -0.2) is 0 Å². The Morgan fingerprint density at radius 2 is 1.17 bits per heavy atom. The van der Waals surface area contributed by atoms with Gasteiger partial charge in [0.2, 0.25) is 0 Å². The summed E-state index contributed by atoms with van der Waals surface area (Å²) >= 11 is 0. The summed E-state index contributed by atoms with van der Waals surface area (Å²) in [5.74, 6) is 0.0492. The Morgan fingerprint density at radius 1 is 0.722 bits per heavy atom. The number of aliphatic hydroxyl groups is 1. The quantitative estimate of drug-likeness (QED) is 0.381. The molecule has 0 spiro atoms. The summed E-state index contributed by atoms with van der Waals surface area (Å²) in [6.45, 7) is 9.12. The van der Waals surface area contributed by atoms with Gasteiger partial charge in [0.05, 0.1) is 0 Å². The topological polar surface area (TPSA) is 20.2 Å². The van der Waals surface area contributed by atoms with Crippen LogP contribution in [0.4, 0.5) is 0 Å². The van der Waals surface area contributed by atoms with Gasteiger partial charge in [0.15, 0.2) is 0 Å². The third-order valence-electron chi connectivity index (χ3n) is 4.90. The number of hydrogen-bond acceptors (Lipinski definition) is 1. The molecule has 1 unspecified atom stereocenters. The third kappa shape index (κ3) is 6.53. The molecule has 1 nitrogen and oxygen atoms in total. The van der Waals surface area contributed by atoms with Crippen LogP contribution in [0.3, 0.4) is 0 Å². The fourth-order valence-electron chi connectivity index (χ4n) is 3.06. The first-order valence-electron chi connectivity index (χ1n) is 8.34. The van der Waals surface area contributed by atoms with E-state index in [1.165, 1.54) is 63.4 Å². The molecule has 1 atom stereocenters. The molecule has 0 aromatic carbocycles. The van der Waals surface area contributed by atoms with E-state index in [0.717, 1.165) is 6.42 Å². The van der Waals surface area contributed by atoms with Gasteiger partial charge < -0.3 is 0 Å². The fourth-order valence-corrected chi connectivity index (χ4v) is 6.79. The molecule has 0 fully saturated rings. The van der Waals surface area contributed by atoms with Crippen molar-refractivity contribution in [3.63, 3.8) is 0 Å². The summed E-state index contributed by atoms with van der Waals surface area (Å²) in [6.07, 6.45) is 14.2. The van der Waals surface area contributed by atoms with E-state index in [0.29, 0.717) is 0 Å². The van der Waals surface area contributed by atoms with E-state index in [9.17, 15) is 5.11 Å². The van der Waals surface area contributed by atoms with Crippen molar-refractivity contribution in [3.8, 4) is 0 Å². The summed E-state index contributed by atoms with van der Waals surface area (Å²) in [7, 11) is -1.35. The molecular formula is C16H37OP. The Hall–Kier alpha value is 0.390. The van der Waals surface area contributed by atoms with E-state index >= 15 is 0 Å². The van der Waals surface area contributed by atoms with Crippen molar-refractivity contribution in [2.45, 2.75) is 84.9 Å². The molecule has 0 aliphatic rings. The molecule has 0 saturated carbocycles. The van der Waals surface area contributed by atoms with Gasteiger partial charge in [-0.2, -0.15) is 0 Å². The minimum absolute atomic E-state index is 0.0492.